The Morgan fingerprint density at radius 1 is 1.05 bits per heavy atom. The summed E-state index contributed by atoms with van der Waals surface area (Å²) < 4.78 is 10.9. The van der Waals surface area contributed by atoms with Gasteiger partial charge in [-0.25, -0.2) is 0 Å². The molecule has 0 atom stereocenters. The van der Waals surface area contributed by atoms with Crippen molar-refractivity contribution in [3.8, 4) is 0 Å². The molecule has 20 heavy (non-hydrogen) atoms. The molecule has 1 rings (SSSR count). The Balaban J connectivity index is 2.65. The molecule has 0 amide bonds. The first-order valence-electron chi connectivity index (χ1n) is 7.41. The van der Waals surface area contributed by atoms with E-state index in [2.05, 4.69) is 28.2 Å². The van der Waals surface area contributed by atoms with E-state index in [0.29, 0.717) is 13.2 Å². The highest BCUT2D eigenvalue weighted by atomic mass is 16.5. The van der Waals surface area contributed by atoms with E-state index >= 15 is 0 Å². The van der Waals surface area contributed by atoms with Crippen molar-refractivity contribution >= 4 is 11.4 Å². The van der Waals surface area contributed by atoms with E-state index in [-0.39, 0.29) is 0 Å². The zero-order chi connectivity index (χ0) is 14.6. The van der Waals surface area contributed by atoms with Crippen LogP contribution in [0.15, 0.2) is 18.5 Å². The zero-order valence-corrected chi connectivity index (χ0v) is 12.9. The summed E-state index contributed by atoms with van der Waals surface area (Å²) in [7, 11) is 0. The predicted octanol–water partition coefficient (Wildman–Crippen LogP) is 2.39. The van der Waals surface area contributed by atoms with E-state index in [9.17, 15) is 0 Å². The third-order valence-corrected chi connectivity index (χ3v) is 2.89. The highest BCUT2D eigenvalue weighted by Crippen LogP contribution is 2.17. The van der Waals surface area contributed by atoms with Gasteiger partial charge in [0.1, 0.15) is 0 Å². The molecular weight excluding hydrogens is 254 g/mol. The summed E-state index contributed by atoms with van der Waals surface area (Å²) in [6, 6.07) is 2.12. The van der Waals surface area contributed by atoms with E-state index in [1.165, 1.54) is 0 Å². The van der Waals surface area contributed by atoms with E-state index in [1.807, 2.05) is 26.2 Å². The number of nitrogens with one attached hydrogen (secondary N) is 1. The summed E-state index contributed by atoms with van der Waals surface area (Å²) in [5.41, 5.74) is 2.14. The van der Waals surface area contributed by atoms with E-state index < -0.39 is 0 Å². The molecule has 0 aromatic carbocycles. The van der Waals surface area contributed by atoms with E-state index in [1.54, 1.807) is 0 Å². The molecule has 0 spiro atoms. The van der Waals surface area contributed by atoms with Crippen molar-refractivity contribution in [2.75, 3.05) is 56.3 Å². The molecule has 1 N–H and O–H groups in total. The normalized spacial score (nSPS) is 10.6. The summed E-state index contributed by atoms with van der Waals surface area (Å²) in [6.07, 6.45) is 3.73. The molecule has 0 bridgehead atoms. The third kappa shape index (κ3) is 6.21. The van der Waals surface area contributed by atoms with Gasteiger partial charge >= 0.3 is 0 Å². The number of ether oxygens (including phenoxy) is 2. The lowest BCUT2D eigenvalue weighted by Gasteiger charge is -2.24. The number of aromatic nitrogens is 1. The summed E-state index contributed by atoms with van der Waals surface area (Å²) in [5, 5.41) is 3.29. The molecule has 0 aliphatic rings. The Kier molecular flexibility index (Phi) is 8.74. The van der Waals surface area contributed by atoms with Gasteiger partial charge in [0.2, 0.25) is 0 Å². The average molecular weight is 281 g/mol. The van der Waals surface area contributed by atoms with Gasteiger partial charge in [0.15, 0.2) is 0 Å². The van der Waals surface area contributed by atoms with Gasteiger partial charge in [0.25, 0.3) is 0 Å². The minimum Gasteiger partial charge on any atom is -0.384 e. The molecule has 114 valence electrons. The van der Waals surface area contributed by atoms with Crippen LogP contribution in [0.1, 0.15) is 20.8 Å². The average Bonchev–Trinajstić information content (AvgIpc) is 2.47. The van der Waals surface area contributed by atoms with Gasteiger partial charge in [-0.15, -0.1) is 0 Å². The Labute approximate surface area is 122 Å². The van der Waals surface area contributed by atoms with Crippen LogP contribution in [0.5, 0.6) is 0 Å². The second-order valence-electron chi connectivity index (χ2n) is 4.34. The molecule has 0 saturated carbocycles. The monoisotopic (exact) mass is 281 g/mol. The van der Waals surface area contributed by atoms with Gasteiger partial charge in [0, 0.05) is 32.8 Å². The first kappa shape index (κ1) is 16.7. The van der Waals surface area contributed by atoms with Gasteiger partial charge in [-0.1, -0.05) is 0 Å². The van der Waals surface area contributed by atoms with Crippen LogP contribution in [-0.2, 0) is 9.47 Å². The fourth-order valence-electron chi connectivity index (χ4n) is 1.91. The van der Waals surface area contributed by atoms with Crippen molar-refractivity contribution in [3.63, 3.8) is 0 Å². The Morgan fingerprint density at radius 2 is 1.70 bits per heavy atom. The number of anilines is 2. The maximum atomic E-state index is 5.45. The lowest BCUT2D eigenvalue weighted by atomic mass is 10.3. The zero-order valence-electron chi connectivity index (χ0n) is 12.9. The number of pyridine rings is 1. The number of hydrogen-bond donors (Lipinski definition) is 1. The minimum atomic E-state index is 0.716. The third-order valence-electron chi connectivity index (χ3n) is 2.89. The van der Waals surface area contributed by atoms with Crippen LogP contribution in [0.4, 0.5) is 11.4 Å². The summed E-state index contributed by atoms with van der Waals surface area (Å²) in [5.74, 6) is 0. The smallest absolute Gasteiger partial charge is 0.0641 e. The Morgan fingerprint density at radius 3 is 2.25 bits per heavy atom. The van der Waals surface area contributed by atoms with Crippen molar-refractivity contribution in [3.05, 3.63) is 18.5 Å². The van der Waals surface area contributed by atoms with Gasteiger partial charge in [0.05, 0.1) is 37.0 Å². The first-order valence-corrected chi connectivity index (χ1v) is 7.41. The van der Waals surface area contributed by atoms with Gasteiger partial charge in [-0.2, -0.15) is 0 Å². The molecule has 5 heteroatoms. The number of rotatable bonds is 11. The highest BCUT2D eigenvalue weighted by Gasteiger charge is 2.07. The molecule has 5 nitrogen and oxygen atoms in total. The van der Waals surface area contributed by atoms with Gasteiger partial charge < -0.3 is 19.7 Å². The molecule has 1 aromatic rings. The van der Waals surface area contributed by atoms with Crippen LogP contribution >= 0.6 is 0 Å². The quantitative estimate of drug-likeness (QED) is 0.631. The lowest BCUT2D eigenvalue weighted by molar-refractivity contribution is 0.141. The lowest BCUT2D eigenvalue weighted by Crippen LogP contribution is -2.31. The SMILES string of the molecule is CCNc1cncc(N(CCOCC)CCOCC)c1. The van der Waals surface area contributed by atoms with Gasteiger partial charge in [-0.3, -0.25) is 4.98 Å². The molecule has 0 fully saturated rings. The van der Waals surface area contributed by atoms with Crippen molar-refractivity contribution in [2.45, 2.75) is 20.8 Å². The highest BCUT2D eigenvalue weighted by molar-refractivity contribution is 5.55. The molecule has 0 unspecified atom stereocenters. The molecule has 0 saturated heterocycles. The predicted molar refractivity (Wildman–Crippen MR) is 83.6 cm³/mol. The van der Waals surface area contributed by atoms with Crippen LogP contribution in [0.3, 0.4) is 0 Å². The summed E-state index contributed by atoms with van der Waals surface area (Å²) in [6.45, 7) is 11.6. The molecule has 1 heterocycles. The Hall–Kier alpha value is -1.33. The van der Waals surface area contributed by atoms with Crippen LogP contribution in [0.25, 0.3) is 0 Å². The standard InChI is InChI=1S/C15H27N3O2/c1-4-17-14-11-15(13-16-12-14)18(7-9-19-5-2)8-10-20-6-3/h11-13,17H,4-10H2,1-3H3. The van der Waals surface area contributed by atoms with E-state index in [0.717, 1.165) is 44.2 Å². The van der Waals surface area contributed by atoms with Crippen molar-refractivity contribution in [1.82, 2.24) is 4.98 Å². The fourth-order valence-corrected chi connectivity index (χ4v) is 1.91. The minimum absolute atomic E-state index is 0.716. The van der Waals surface area contributed by atoms with Crippen molar-refractivity contribution in [2.24, 2.45) is 0 Å². The van der Waals surface area contributed by atoms with E-state index in [4.69, 9.17) is 9.47 Å². The van der Waals surface area contributed by atoms with Gasteiger partial charge in [-0.05, 0) is 26.8 Å². The largest absolute Gasteiger partial charge is 0.384 e. The fraction of sp³-hybridized carbons (Fsp3) is 0.667. The van der Waals surface area contributed by atoms with Crippen LogP contribution < -0.4 is 10.2 Å². The molecule has 1 aromatic heterocycles. The summed E-state index contributed by atoms with van der Waals surface area (Å²) >= 11 is 0. The topological polar surface area (TPSA) is 46.6 Å². The second kappa shape index (κ2) is 10.5. The van der Waals surface area contributed by atoms with Crippen LogP contribution in [0.2, 0.25) is 0 Å². The first-order chi connectivity index (χ1) is 9.81. The Bertz CT molecular complexity index is 351. The maximum absolute atomic E-state index is 5.45. The molecule has 0 aliphatic heterocycles. The second-order valence-corrected chi connectivity index (χ2v) is 4.34. The number of nitrogens with zero attached hydrogens (tertiary/aromatic N) is 2. The molecule has 0 radical (unpaired) electrons. The maximum Gasteiger partial charge on any atom is 0.0641 e. The van der Waals surface area contributed by atoms with Crippen molar-refractivity contribution < 1.29 is 9.47 Å². The molecular formula is C15H27N3O2. The summed E-state index contributed by atoms with van der Waals surface area (Å²) in [4.78, 5) is 6.54. The number of hydrogen-bond acceptors (Lipinski definition) is 5. The van der Waals surface area contributed by atoms with Crippen LogP contribution in [-0.4, -0.2) is 51.0 Å². The van der Waals surface area contributed by atoms with Crippen LogP contribution in [0, 0.1) is 0 Å². The molecule has 0 aliphatic carbocycles. The van der Waals surface area contributed by atoms with Crippen molar-refractivity contribution in [1.29, 1.82) is 0 Å².